The number of ketones is 4. The van der Waals surface area contributed by atoms with E-state index in [2.05, 4.69) is 21.3 Å². The van der Waals surface area contributed by atoms with E-state index in [1.54, 1.807) is 67.6 Å². The Kier molecular flexibility index (Phi) is 20.8. The molecule has 3 unspecified atom stereocenters. The number of benzene rings is 2. The van der Waals surface area contributed by atoms with Gasteiger partial charge in [0.05, 0.1) is 19.5 Å². The van der Waals surface area contributed by atoms with Gasteiger partial charge in [0.25, 0.3) is 0 Å². The van der Waals surface area contributed by atoms with Gasteiger partial charge in [0.15, 0.2) is 11.6 Å². The summed E-state index contributed by atoms with van der Waals surface area (Å²) in [7, 11) is 0. The number of nitrogens with one attached hydrogen (secondary N) is 4. The third-order valence-corrected chi connectivity index (χ3v) is 8.35. The SMILES string of the molecule is CCC(=O)CC(=O)CC(CCC(=O)NC(Cc1ccccc1)C(=O)NCC(=O)CCCO)C(=O)NC(Cc1ccccc1)C(=O)NCC(=O)CCCO. The maximum atomic E-state index is 13.8. The van der Waals surface area contributed by atoms with Crippen molar-refractivity contribution in [1.82, 2.24) is 21.3 Å². The first kappa shape index (κ1) is 44.1. The number of hydrogen-bond acceptors (Lipinski definition) is 10. The van der Waals surface area contributed by atoms with E-state index in [9.17, 15) is 38.4 Å². The van der Waals surface area contributed by atoms with Gasteiger partial charge in [-0.2, -0.15) is 0 Å². The fourth-order valence-electron chi connectivity index (χ4n) is 5.34. The van der Waals surface area contributed by atoms with Gasteiger partial charge in [-0.3, -0.25) is 38.4 Å². The van der Waals surface area contributed by atoms with E-state index < -0.39 is 53.8 Å². The van der Waals surface area contributed by atoms with Crippen LogP contribution >= 0.6 is 0 Å². The predicted octanol–water partition coefficient (Wildman–Crippen LogP) is 1.08. The largest absolute Gasteiger partial charge is 0.396 e. The fraction of sp³-hybridized carbons (Fsp3) is 0.487. The highest BCUT2D eigenvalue weighted by Gasteiger charge is 2.29. The van der Waals surface area contributed by atoms with E-state index in [1.807, 2.05) is 0 Å². The second-order valence-corrected chi connectivity index (χ2v) is 12.8. The number of amides is 4. The Balaban J connectivity index is 2.23. The minimum atomic E-state index is -1.15. The van der Waals surface area contributed by atoms with E-state index in [1.165, 1.54) is 0 Å². The predicted molar refractivity (Wildman–Crippen MR) is 195 cm³/mol. The van der Waals surface area contributed by atoms with Crippen molar-refractivity contribution >= 4 is 46.8 Å². The zero-order chi connectivity index (χ0) is 39.0. The molecule has 14 heteroatoms. The lowest BCUT2D eigenvalue weighted by atomic mass is 9.92. The van der Waals surface area contributed by atoms with E-state index in [-0.39, 0.29) is 108 Å². The summed E-state index contributed by atoms with van der Waals surface area (Å²) in [6.45, 7) is 0.673. The molecular weight excluding hydrogens is 684 g/mol. The first-order chi connectivity index (χ1) is 25.4. The summed E-state index contributed by atoms with van der Waals surface area (Å²) in [5.74, 6) is -5.11. The van der Waals surface area contributed by atoms with Crippen LogP contribution in [0.5, 0.6) is 0 Å². The molecule has 0 aromatic heterocycles. The molecule has 6 N–H and O–H groups in total. The Hall–Kier alpha value is -5.08. The molecule has 0 fully saturated rings. The fourth-order valence-corrected chi connectivity index (χ4v) is 5.34. The molecule has 0 heterocycles. The molecule has 0 radical (unpaired) electrons. The lowest BCUT2D eigenvalue weighted by molar-refractivity contribution is -0.135. The molecule has 0 spiro atoms. The van der Waals surface area contributed by atoms with Gasteiger partial charge in [0, 0.05) is 64.1 Å². The van der Waals surface area contributed by atoms with Crippen LogP contribution in [0.1, 0.15) is 75.8 Å². The van der Waals surface area contributed by atoms with E-state index in [0.717, 1.165) is 5.56 Å². The van der Waals surface area contributed by atoms with Gasteiger partial charge in [-0.25, -0.2) is 0 Å². The number of aliphatic hydroxyl groups excluding tert-OH is 2. The zero-order valence-corrected chi connectivity index (χ0v) is 30.3. The normalized spacial score (nSPS) is 12.4. The molecule has 0 aliphatic heterocycles. The highest BCUT2D eigenvalue weighted by atomic mass is 16.3. The van der Waals surface area contributed by atoms with Crippen molar-refractivity contribution in [2.45, 2.75) is 89.6 Å². The first-order valence-electron chi connectivity index (χ1n) is 18.0. The summed E-state index contributed by atoms with van der Waals surface area (Å²) in [5, 5.41) is 28.4. The number of carbonyl (C=O) groups excluding carboxylic acids is 8. The lowest BCUT2D eigenvalue weighted by Gasteiger charge is -2.23. The average molecular weight is 737 g/mol. The van der Waals surface area contributed by atoms with Crippen molar-refractivity contribution in [1.29, 1.82) is 0 Å². The zero-order valence-electron chi connectivity index (χ0n) is 30.3. The number of carbonyl (C=O) groups is 8. The molecule has 2 aromatic rings. The molecule has 0 bridgehead atoms. The van der Waals surface area contributed by atoms with Gasteiger partial charge in [0.2, 0.25) is 23.6 Å². The second-order valence-electron chi connectivity index (χ2n) is 12.8. The summed E-state index contributed by atoms with van der Waals surface area (Å²) in [4.78, 5) is 103. The molecule has 2 rings (SSSR count). The molecule has 14 nitrogen and oxygen atoms in total. The first-order valence-corrected chi connectivity index (χ1v) is 18.0. The van der Waals surface area contributed by atoms with Crippen molar-refractivity contribution in [2.24, 2.45) is 5.92 Å². The van der Waals surface area contributed by atoms with Crippen LogP contribution in [-0.4, -0.2) is 95.4 Å². The highest BCUT2D eigenvalue weighted by Crippen LogP contribution is 2.16. The third-order valence-electron chi connectivity index (χ3n) is 8.35. The molecule has 288 valence electrons. The lowest BCUT2D eigenvalue weighted by Crippen LogP contribution is -2.51. The van der Waals surface area contributed by atoms with Gasteiger partial charge >= 0.3 is 0 Å². The van der Waals surface area contributed by atoms with Crippen LogP contribution in [-0.2, 0) is 51.2 Å². The second kappa shape index (κ2) is 25.0. The molecule has 2 aromatic carbocycles. The van der Waals surface area contributed by atoms with Gasteiger partial charge in [-0.15, -0.1) is 0 Å². The number of rotatable bonds is 27. The quantitative estimate of drug-likeness (QED) is 0.0716. The summed E-state index contributed by atoms with van der Waals surface area (Å²) in [5.41, 5.74) is 1.44. The monoisotopic (exact) mass is 736 g/mol. The standard InChI is InChI=1S/C39H52N4O10/c1-2-30(46)24-33(49)23-29(37(51)43-35(22-28-13-7-4-8-14-28)39(53)41-26-32(48)16-10-20-45)17-18-36(50)42-34(21-27-11-5-3-6-12-27)38(52)40-25-31(47)15-9-19-44/h3-8,11-14,29,34-35,44-45H,2,9-10,15-26H2,1H3,(H,40,52)(H,41,53)(H,42,50)(H,43,51). The van der Waals surface area contributed by atoms with Crippen molar-refractivity contribution in [2.75, 3.05) is 26.3 Å². The Morgan fingerprint density at radius 2 is 1.06 bits per heavy atom. The Morgan fingerprint density at radius 1 is 0.585 bits per heavy atom. The smallest absolute Gasteiger partial charge is 0.243 e. The number of aliphatic hydroxyl groups is 2. The summed E-state index contributed by atoms with van der Waals surface area (Å²) in [6, 6.07) is 15.5. The van der Waals surface area contributed by atoms with Crippen molar-refractivity contribution in [3.05, 3.63) is 71.8 Å². The number of hydrogen-bond donors (Lipinski definition) is 6. The van der Waals surface area contributed by atoms with Crippen LogP contribution in [0.25, 0.3) is 0 Å². The Morgan fingerprint density at radius 3 is 1.51 bits per heavy atom. The topological polar surface area (TPSA) is 225 Å². The number of Topliss-reactive ketones (excluding diaryl/α,β-unsaturated/α-hetero) is 4. The molecule has 3 atom stereocenters. The minimum absolute atomic E-state index is 0.0531. The van der Waals surface area contributed by atoms with Gasteiger partial charge < -0.3 is 31.5 Å². The molecule has 4 amide bonds. The van der Waals surface area contributed by atoms with Crippen molar-refractivity contribution in [3.63, 3.8) is 0 Å². The van der Waals surface area contributed by atoms with Crippen molar-refractivity contribution < 1.29 is 48.6 Å². The third kappa shape index (κ3) is 18.3. The van der Waals surface area contributed by atoms with Gasteiger partial charge in [-0.1, -0.05) is 67.6 Å². The molecule has 0 aliphatic rings. The molecular formula is C39H52N4O10. The summed E-state index contributed by atoms with van der Waals surface area (Å²) in [6.07, 6.45) is -0.322. The maximum absolute atomic E-state index is 13.8. The summed E-state index contributed by atoms with van der Waals surface area (Å²) >= 11 is 0. The maximum Gasteiger partial charge on any atom is 0.243 e. The van der Waals surface area contributed by atoms with Gasteiger partial charge in [0.1, 0.15) is 23.7 Å². The van der Waals surface area contributed by atoms with E-state index >= 15 is 0 Å². The molecule has 0 saturated heterocycles. The summed E-state index contributed by atoms with van der Waals surface area (Å²) < 4.78 is 0. The van der Waals surface area contributed by atoms with E-state index in [0.29, 0.717) is 5.56 Å². The average Bonchev–Trinajstić information content (AvgIpc) is 3.15. The van der Waals surface area contributed by atoms with Crippen LogP contribution in [0.2, 0.25) is 0 Å². The van der Waals surface area contributed by atoms with E-state index in [4.69, 9.17) is 10.2 Å². The Labute approximate surface area is 309 Å². The highest BCUT2D eigenvalue weighted by molar-refractivity contribution is 6.01. The molecule has 0 aliphatic carbocycles. The van der Waals surface area contributed by atoms with Crippen LogP contribution in [0.4, 0.5) is 0 Å². The van der Waals surface area contributed by atoms with Crippen LogP contribution in [0, 0.1) is 5.92 Å². The van der Waals surface area contributed by atoms with Crippen LogP contribution in [0.15, 0.2) is 60.7 Å². The van der Waals surface area contributed by atoms with Crippen LogP contribution < -0.4 is 21.3 Å². The Bertz CT molecular complexity index is 1520. The van der Waals surface area contributed by atoms with Crippen molar-refractivity contribution in [3.8, 4) is 0 Å². The van der Waals surface area contributed by atoms with Gasteiger partial charge in [-0.05, 0) is 30.4 Å². The van der Waals surface area contributed by atoms with Crippen LogP contribution in [0.3, 0.4) is 0 Å². The molecule has 0 saturated carbocycles. The molecule has 53 heavy (non-hydrogen) atoms. The minimum Gasteiger partial charge on any atom is -0.396 e.